The van der Waals surface area contributed by atoms with E-state index in [1.807, 2.05) is 6.07 Å². The van der Waals surface area contributed by atoms with E-state index in [1.54, 1.807) is 6.92 Å². The van der Waals surface area contributed by atoms with Gasteiger partial charge in [0.2, 0.25) is 5.88 Å². The fourth-order valence-corrected chi connectivity index (χ4v) is 3.46. The Hall–Kier alpha value is -1.84. The minimum absolute atomic E-state index is 0.0503. The van der Waals surface area contributed by atoms with Gasteiger partial charge in [0.25, 0.3) is 5.56 Å². The van der Waals surface area contributed by atoms with Crippen molar-refractivity contribution in [1.29, 1.82) is 5.26 Å². The predicted octanol–water partition coefficient (Wildman–Crippen LogP) is -0.0688. The number of pyridine rings is 1. The molecule has 0 aromatic carbocycles. The number of nitrogens with zero attached hydrogens (tertiary/aromatic N) is 2. The van der Waals surface area contributed by atoms with Crippen LogP contribution in [-0.2, 0) is 13.1 Å². The summed E-state index contributed by atoms with van der Waals surface area (Å²) in [6.07, 6.45) is 2.76. The molecule has 3 N–H and O–H groups in total. The van der Waals surface area contributed by atoms with Gasteiger partial charge in [-0.2, -0.15) is 5.26 Å². The van der Waals surface area contributed by atoms with Crippen molar-refractivity contribution in [3.8, 4) is 11.9 Å². The van der Waals surface area contributed by atoms with Crippen LogP contribution < -0.4 is 10.5 Å². The van der Waals surface area contributed by atoms with Gasteiger partial charge in [-0.05, 0) is 31.7 Å². The molecule has 0 bridgehead atoms. The molecule has 1 aliphatic heterocycles. The molecule has 1 aromatic heterocycles. The smallest absolute Gasteiger partial charge is 0.271 e. The molecule has 1 fully saturated rings. The molecule has 126 valence electrons. The van der Waals surface area contributed by atoms with Gasteiger partial charge in [-0.25, -0.2) is 0 Å². The number of aromatic hydroxyl groups is 1. The number of aliphatic hydroxyl groups is 1. The zero-order valence-corrected chi connectivity index (χ0v) is 13.9. The van der Waals surface area contributed by atoms with Crippen LogP contribution in [0.1, 0.15) is 42.9 Å². The molecule has 1 saturated heterocycles. The van der Waals surface area contributed by atoms with Crippen LogP contribution in [0.15, 0.2) is 4.79 Å². The number of nitriles is 1. The number of hydrogen-bond acceptors (Lipinski definition) is 4. The molecule has 2 atom stereocenters. The maximum atomic E-state index is 12.3. The number of hydrogen-bond donors (Lipinski definition) is 3. The van der Waals surface area contributed by atoms with Gasteiger partial charge in [0.05, 0.1) is 18.7 Å². The van der Waals surface area contributed by atoms with E-state index >= 15 is 0 Å². The quantitative estimate of drug-likeness (QED) is 0.708. The second-order valence-electron chi connectivity index (χ2n) is 6.58. The van der Waals surface area contributed by atoms with Gasteiger partial charge in [0.15, 0.2) is 0 Å². The van der Waals surface area contributed by atoms with E-state index in [0.29, 0.717) is 30.0 Å². The lowest BCUT2D eigenvalue weighted by atomic mass is 9.98. The summed E-state index contributed by atoms with van der Waals surface area (Å²) < 4.78 is 1.23. The normalized spacial score (nSPS) is 21.1. The fourth-order valence-electron chi connectivity index (χ4n) is 3.46. The summed E-state index contributed by atoms with van der Waals surface area (Å²) in [5.41, 5.74) is 0.895. The summed E-state index contributed by atoms with van der Waals surface area (Å²) in [4.78, 5) is 13.7. The Kier molecular flexibility index (Phi) is 5.80. The minimum atomic E-state index is -0.471. The first kappa shape index (κ1) is 17.5. The van der Waals surface area contributed by atoms with Gasteiger partial charge in [0.1, 0.15) is 18.2 Å². The van der Waals surface area contributed by atoms with Crippen LogP contribution in [0, 0.1) is 24.2 Å². The molecule has 1 aromatic rings. The second-order valence-corrected chi connectivity index (χ2v) is 6.58. The fraction of sp³-hybridized carbons (Fsp3) is 0.647. The first-order valence-corrected chi connectivity index (χ1v) is 8.29. The molecule has 6 heteroatoms. The van der Waals surface area contributed by atoms with E-state index in [2.05, 4.69) is 6.92 Å². The van der Waals surface area contributed by atoms with E-state index in [-0.39, 0.29) is 24.6 Å². The van der Waals surface area contributed by atoms with Crippen LogP contribution in [0.4, 0.5) is 0 Å². The van der Waals surface area contributed by atoms with Crippen LogP contribution in [-0.4, -0.2) is 34.5 Å². The summed E-state index contributed by atoms with van der Waals surface area (Å²) in [6.45, 7) is 6.82. The van der Waals surface area contributed by atoms with Crippen molar-refractivity contribution in [2.75, 3.05) is 19.7 Å². The topological polar surface area (TPSA) is 90.7 Å². The maximum Gasteiger partial charge on any atom is 0.271 e. The van der Waals surface area contributed by atoms with E-state index < -0.39 is 5.56 Å². The van der Waals surface area contributed by atoms with Crippen molar-refractivity contribution >= 4 is 0 Å². The minimum Gasteiger partial charge on any atom is -0.494 e. The summed E-state index contributed by atoms with van der Waals surface area (Å²) in [6, 6.07) is 1.98. The summed E-state index contributed by atoms with van der Waals surface area (Å²) in [7, 11) is 0. The zero-order chi connectivity index (χ0) is 17.0. The van der Waals surface area contributed by atoms with Crippen LogP contribution in [0.3, 0.4) is 0 Å². The molecule has 0 amide bonds. The first-order valence-electron chi connectivity index (χ1n) is 8.29. The largest absolute Gasteiger partial charge is 0.494 e. The lowest BCUT2D eigenvalue weighted by Crippen LogP contribution is -3.12. The van der Waals surface area contributed by atoms with Crippen molar-refractivity contribution in [3.05, 3.63) is 27.0 Å². The molecule has 2 heterocycles. The summed E-state index contributed by atoms with van der Waals surface area (Å²) in [5, 5.41) is 28.8. The average Bonchev–Trinajstić information content (AvgIpc) is 2.52. The molecule has 2 rings (SSSR count). The Morgan fingerprint density at radius 2 is 2.22 bits per heavy atom. The lowest BCUT2D eigenvalue weighted by molar-refractivity contribution is -0.922. The first-order chi connectivity index (χ1) is 11.0. The molecule has 0 spiro atoms. The van der Waals surface area contributed by atoms with Gasteiger partial charge in [0, 0.05) is 19.1 Å². The van der Waals surface area contributed by atoms with E-state index in [1.165, 1.54) is 15.9 Å². The van der Waals surface area contributed by atoms with Crippen molar-refractivity contribution in [2.24, 2.45) is 5.92 Å². The van der Waals surface area contributed by atoms with Gasteiger partial charge < -0.3 is 15.1 Å². The van der Waals surface area contributed by atoms with Gasteiger partial charge in [-0.1, -0.05) is 6.92 Å². The molecular weight excluding hydrogens is 294 g/mol. The molecule has 23 heavy (non-hydrogen) atoms. The molecule has 0 aliphatic carbocycles. The SMILES string of the molecule is Cc1c(C[NH+]2CCC[C@H](C)C2)c(O)n(CCCO)c(=O)c1C#N. The third-order valence-electron chi connectivity index (χ3n) is 4.76. The van der Waals surface area contributed by atoms with Crippen molar-refractivity contribution in [1.82, 2.24) is 4.57 Å². The molecule has 1 aliphatic rings. The van der Waals surface area contributed by atoms with Gasteiger partial charge in [-0.15, -0.1) is 0 Å². The van der Waals surface area contributed by atoms with Crippen LogP contribution in [0.25, 0.3) is 0 Å². The van der Waals surface area contributed by atoms with E-state index in [9.17, 15) is 15.2 Å². The number of aliphatic hydroxyl groups excluding tert-OH is 1. The number of nitrogens with one attached hydrogen (secondary N) is 1. The van der Waals surface area contributed by atoms with Crippen LogP contribution >= 0.6 is 0 Å². The van der Waals surface area contributed by atoms with Crippen LogP contribution in [0.5, 0.6) is 5.88 Å². The highest BCUT2D eigenvalue weighted by Crippen LogP contribution is 2.21. The monoisotopic (exact) mass is 320 g/mol. The summed E-state index contributed by atoms with van der Waals surface area (Å²) in [5.74, 6) is 0.600. The molecule has 6 nitrogen and oxygen atoms in total. The highest BCUT2D eigenvalue weighted by molar-refractivity contribution is 5.44. The Morgan fingerprint density at radius 3 is 2.83 bits per heavy atom. The van der Waals surface area contributed by atoms with Crippen molar-refractivity contribution in [2.45, 2.75) is 46.2 Å². The van der Waals surface area contributed by atoms with Gasteiger partial charge in [-0.3, -0.25) is 9.36 Å². The van der Waals surface area contributed by atoms with E-state index in [0.717, 1.165) is 19.5 Å². The van der Waals surface area contributed by atoms with E-state index in [4.69, 9.17) is 5.11 Å². The Balaban J connectivity index is 2.41. The molecule has 0 saturated carbocycles. The highest BCUT2D eigenvalue weighted by atomic mass is 16.3. The molecule has 0 radical (unpaired) electrons. The molecule has 1 unspecified atom stereocenters. The molecular formula is C17H26N3O3+. The van der Waals surface area contributed by atoms with Gasteiger partial charge >= 0.3 is 0 Å². The average molecular weight is 320 g/mol. The zero-order valence-electron chi connectivity index (χ0n) is 13.9. The standard InChI is InChI=1S/C17H25N3O3/c1-12-5-3-6-19(10-12)11-15-13(2)14(9-18)16(22)20(17(15)23)7-4-8-21/h12,21,23H,3-8,10-11H2,1-2H3/p+1/t12-/m0/s1. The third kappa shape index (κ3) is 3.74. The van der Waals surface area contributed by atoms with Crippen molar-refractivity contribution < 1.29 is 15.1 Å². The summed E-state index contributed by atoms with van der Waals surface area (Å²) >= 11 is 0. The maximum absolute atomic E-state index is 12.3. The Morgan fingerprint density at radius 1 is 1.48 bits per heavy atom. The third-order valence-corrected chi connectivity index (χ3v) is 4.76. The lowest BCUT2D eigenvalue weighted by Gasteiger charge is -2.29. The Labute approximate surface area is 136 Å². The second kappa shape index (κ2) is 7.62. The predicted molar refractivity (Wildman–Crippen MR) is 86.3 cm³/mol. The number of rotatable bonds is 5. The number of aromatic nitrogens is 1. The Bertz CT molecular complexity index is 661. The van der Waals surface area contributed by atoms with Crippen molar-refractivity contribution in [3.63, 3.8) is 0 Å². The number of likely N-dealkylation sites (tertiary alicyclic amines) is 1. The number of piperidine rings is 1. The highest BCUT2D eigenvalue weighted by Gasteiger charge is 2.25. The number of quaternary nitrogens is 1. The van der Waals surface area contributed by atoms with Crippen LogP contribution in [0.2, 0.25) is 0 Å².